The van der Waals surface area contributed by atoms with E-state index in [1.165, 1.54) is 0 Å². The predicted octanol–water partition coefficient (Wildman–Crippen LogP) is 4.92. The normalized spacial score (nSPS) is 13.7. The maximum atomic E-state index is 12.8. The number of benzene rings is 3. The second kappa shape index (κ2) is 8.67. The quantitative estimate of drug-likeness (QED) is 0.315. The van der Waals surface area contributed by atoms with Crippen molar-refractivity contribution >= 4 is 28.7 Å². The minimum absolute atomic E-state index is 0.188. The average Bonchev–Trinajstić information content (AvgIpc) is 3.33. The largest absolute Gasteiger partial charge is 0.482 e. The first kappa shape index (κ1) is 20.6. The number of aromatic nitrogens is 1. The molecule has 0 amide bonds. The van der Waals surface area contributed by atoms with E-state index < -0.39 is 5.97 Å². The van der Waals surface area contributed by atoms with Crippen molar-refractivity contribution in [2.75, 3.05) is 6.61 Å². The van der Waals surface area contributed by atoms with Gasteiger partial charge in [0.1, 0.15) is 18.1 Å². The van der Waals surface area contributed by atoms with Crippen LogP contribution in [0.3, 0.4) is 0 Å². The second-order valence-electron chi connectivity index (χ2n) is 7.75. The van der Waals surface area contributed by atoms with Gasteiger partial charge in [-0.15, -0.1) is 0 Å². The number of esters is 1. The van der Waals surface area contributed by atoms with Gasteiger partial charge in [-0.3, -0.25) is 4.79 Å². The number of nitrogens with zero attached hydrogens (tertiary/aromatic N) is 1. The minimum Gasteiger partial charge on any atom is -0.482 e. The van der Waals surface area contributed by atoms with Crippen LogP contribution in [0.15, 0.2) is 84.8 Å². The summed E-state index contributed by atoms with van der Waals surface area (Å²) in [5.74, 6) is 0.409. The Morgan fingerprint density at radius 2 is 1.82 bits per heavy atom. The molecule has 33 heavy (non-hydrogen) atoms. The molecule has 5 rings (SSSR count). The number of rotatable bonds is 6. The van der Waals surface area contributed by atoms with E-state index >= 15 is 0 Å². The van der Waals surface area contributed by atoms with Gasteiger partial charge < -0.3 is 18.8 Å². The van der Waals surface area contributed by atoms with Crippen molar-refractivity contribution < 1.29 is 23.8 Å². The molecule has 1 aromatic heterocycles. The molecule has 0 fully saturated rings. The number of carbonyl (C=O) groups excluding carboxylic acids is 2. The first-order valence-electron chi connectivity index (χ1n) is 10.5. The molecule has 6 nitrogen and oxygen atoms in total. The van der Waals surface area contributed by atoms with Crippen molar-refractivity contribution in [2.24, 2.45) is 7.05 Å². The zero-order valence-electron chi connectivity index (χ0n) is 18.0. The number of fused-ring (bicyclic) bond motifs is 2. The van der Waals surface area contributed by atoms with Crippen LogP contribution in [-0.4, -0.2) is 22.9 Å². The molecular formula is C27H21NO5. The third-order valence-electron chi connectivity index (χ3n) is 5.46. The van der Waals surface area contributed by atoms with E-state index in [4.69, 9.17) is 14.2 Å². The van der Waals surface area contributed by atoms with E-state index in [9.17, 15) is 9.59 Å². The molecule has 0 N–H and O–H groups in total. The van der Waals surface area contributed by atoms with Gasteiger partial charge in [0.15, 0.2) is 12.4 Å². The highest BCUT2D eigenvalue weighted by Gasteiger charge is 2.28. The molecule has 4 aromatic rings. The van der Waals surface area contributed by atoms with Crippen LogP contribution in [-0.2, 0) is 23.2 Å². The summed E-state index contributed by atoms with van der Waals surface area (Å²) in [7, 11) is 1.96. The third kappa shape index (κ3) is 4.23. The first-order chi connectivity index (χ1) is 16.1. The molecule has 2 heterocycles. The van der Waals surface area contributed by atoms with Crippen LogP contribution >= 0.6 is 0 Å². The van der Waals surface area contributed by atoms with Gasteiger partial charge in [-0.2, -0.15) is 0 Å². The van der Waals surface area contributed by atoms with E-state index in [0.717, 1.165) is 22.0 Å². The Morgan fingerprint density at radius 3 is 2.67 bits per heavy atom. The smallest absolute Gasteiger partial charge is 0.344 e. The summed E-state index contributed by atoms with van der Waals surface area (Å²) in [5, 5.41) is 1.04. The van der Waals surface area contributed by atoms with Crippen molar-refractivity contribution in [3.63, 3.8) is 0 Å². The number of carbonyl (C=O) groups is 2. The van der Waals surface area contributed by atoms with Gasteiger partial charge in [-0.1, -0.05) is 48.5 Å². The minimum atomic E-state index is -0.479. The van der Waals surface area contributed by atoms with Gasteiger partial charge >= 0.3 is 5.97 Å². The van der Waals surface area contributed by atoms with Crippen LogP contribution in [0.1, 0.15) is 21.5 Å². The van der Waals surface area contributed by atoms with Crippen molar-refractivity contribution in [3.05, 3.63) is 101 Å². The highest BCUT2D eigenvalue weighted by Crippen LogP contribution is 2.35. The van der Waals surface area contributed by atoms with E-state index in [0.29, 0.717) is 17.1 Å². The lowest BCUT2D eigenvalue weighted by Crippen LogP contribution is -2.14. The average molecular weight is 439 g/mol. The fourth-order valence-corrected chi connectivity index (χ4v) is 3.81. The SMILES string of the molecule is Cn1cc(C=C2Oc3cc(OCC(=O)OCc4ccccc4)ccc3C2=O)c2ccccc21. The summed E-state index contributed by atoms with van der Waals surface area (Å²) in [6, 6.07) is 22.3. The summed E-state index contributed by atoms with van der Waals surface area (Å²) in [6.07, 6.45) is 3.72. The van der Waals surface area contributed by atoms with Crippen molar-refractivity contribution in [1.82, 2.24) is 4.57 Å². The van der Waals surface area contributed by atoms with Crippen LogP contribution in [0.4, 0.5) is 0 Å². The van der Waals surface area contributed by atoms with Gasteiger partial charge in [0.25, 0.3) is 0 Å². The number of hydrogen-bond acceptors (Lipinski definition) is 5. The number of para-hydroxylation sites is 1. The van der Waals surface area contributed by atoms with Crippen molar-refractivity contribution in [3.8, 4) is 11.5 Å². The summed E-state index contributed by atoms with van der Waals surface area (Å²) >= 11 is 0. The van der Waals surface area contributed by atoms with E-state index in [1.54, 1.807) is 24.3 Å². The Morgan fingerprint density at radius 1 is 1.03 bits per heavy atom. The Kier molecular flexibility index (Phi) is 5.40. The fraction of sp³-hybridized carbons (Fsp3) is 0.111. The zero-order valence-corrected chi connectivity index (χ0v) is 18.0. The molecule has 0 aliphatic carbocycles. The van der Waals surface area contributed by atoms with Gasteiger partial charge in [0.2, 0.25) is 5.78 Å². The van der Waals surface area contributed by atoms with Gasteiger partial charge in [0.05, 0.1) is 5.56 Å². The van der Waals surface area contributed by atoms with Crippen molar-refractivity contribution in [1.29, 1.82) is 0 Å². The van der Waals surface area contributed by atoms with Crippen LogP contribution in [0.2, 0.25) is 0 Å². The number of aryl methyl sites for hydroxylation is 1. The van der Waals surface area contributed by atoms with Gasteiger partial charge in [0, 0.05) is 35.8 Å². The molecule has 0 saturated carbocycles. The number of allylic oxidation sites excluding steroid dienone is 1. The van der Waals surface area contributed by atoms with Crippen LogP contribution in [0.5, 0.6) is 11.5 Å². The molecule has 0 atom stereocenters. The lowest BCUT2D eigenvalue weighted by Gasteiger charge is -2.08. The Hall–Kier alpha value is -4.32. The molecule has 6 heteroatoms. The molecule has 164 valence electrons. The molecule has 0 saturated heterocycles. The third-order valence-corrected chi connectivity index (χ3v) is 5.46. The molecule has 3 aromatic carbocycles. The van der Waals surface area contributed by atoms with E-state index in [2.05, 4.69) is 0 Å². The van der Waals surface area contributed by atoms with Crippen LogP contribution in [0.25, 0.3) is 17.0 Å². The Bertz CT molecular complexity index is 1380. The molecule has 1 aliphatic rings. The maximum Gasteiger partial charge on any atom is 0.344 e. The van der Waals surface area contributed by atoms with Gasteiger partial charge in [-0.25, -0.2) is 4.79 Å². The monoisotopic (exact) mass is 439 g/mol. The fourth-order valence-electron chi connectivity index (χ4n) is 3.81. The highest BCUT2D eigenvalue weighted by atomic mass is 16.6. The maximum absolute atomic E-state index is 12.8. The standard InChI is InChI=1S/C27H21NO5/c1-28-15-19(21-9-5-6-10-23(21)28)13-25-27(30)22-12-11-20(14-24(22)33-25)31-17-26(29)32-16-18-7-3-2-4-8-18/h2-15H,16-17H2,1H3. The Balaban J connectivity index is 1.26. The topological polar surface area (TPSA) is 66.8 Å². The van der Waals surface area contributed by atoms with E-state index in [1.807, 2.05) is 72.4 Å². The summed E-state index contributed by atoms with van der Waals surface area (Å²) in [6.45, 7) is -0.0502. The number of hydrogen-bond donors (Lipinski definition) is 0. The molecule has 0 radical (unpaired) electrons. The highest BCUT2D eigenvalue weighted by molar-refractivity contribution is 6.15. The van der Waals surface area contributed by atoms with Gasteiger partial charge in [-0.05, 0) is 29.8 Å². The predicted molar refractivity (Wildman–Crippen MR) is 124 cm³/mol. The summed E-state index contributed by atoms with van der Waals surface area (Å²) < 4.78 is 18.6. The number of ether oxygens (including phenoxy) is 3. The molecule has 0 bridgehead atoms. The van der Waals surface area contributed by atoms with E-state index in [-0.39, 0.29) is 24.8 Å². The Labute approximate surface area is 190 Å². The molecule has 0 unspecified atom stereocenters. The molecule has 0 spiro atoms. The molecule has 1 aliphatic heterocycles. The number of Topliss-reactive ketones (excluding diaryl/α,β-unsaturated/α-hetero) is 1. The van der Waals surface area contributed by atoms with Crippen LogP contribution in [0, 0.1) is 0 Å². The van der Waals surface area contributed by atoms with Crippen molar-refractivity contribution in [2.45, 2.75) is 6.61 Å². The lowest BCUT2D eigenvalue weighted by molar-refractivity contribution is -0.147. The van der Waals surface area contributed by atoms with Crippen LogP contribution < -0.4 is 9.47 Å². The summed E-state index contributed by atoms with van der Waals surface area (Å²) in [5.41, 5.74) is 3.34. The zero-order chi connectivity index (χ0) is 22.8. The first-order valence-corrected chi connectivity index (χ1v) is 10.5. The summed E-state index contributed by atoms with van der Waals surface area (Å²) in [4.78, 5) is 24.8. The lowest BCUT2D eigenvalue weighted by atomic mass is 10.1. The second-order valence-corrected chi connectivity index (χ2v) is 7.75. The number of ketones is 1. The molecular weight excluding hydrogens is 418 g/mol.